The molecule has 4 aromatic rings. The first-order valence-electron chi connectivity index (χ1n) is 13.5. The first-order valence-corrected chi connectivity index (χ1v) is 16.2. The van der Waals surface area contributed by atoms with Gasteiger partial charge >= 0.3 is 251 Å². The van der Waals surface area contributed by atoms with E-state index in [-0.39, 0.29) is 26.4 Å². The van der Waals surface area contributed by atoms with Gasteiger partial charge < -0.3 is 0 Å². The zero-order chi connectivity index (χ0) is 29.9. The number of hydrogen-bond donors (Lipinski definition) is 2. The van der Waals surface area contributed by atoms with Gasteiger partial charge in [0.1, 0.15) is 0 Å². The minimum atomic E-state index is -1.08. The number of ether oxygens (including phenoxy) is 4. The average Bonchev–Trinajstić information content (AvgIpc) is 3.34. The third-order valence-electron chi connectivity index (χ3n) is 7.64. The number of aliphatic hydroxyl groups is 1. The molecule has 10 heteroatoms. The molecule has 2 heterocycles. The van der Waals surface area contributed by atoms with Crippen LogP contribution in [0.15, 0.2) is 94.6 Å². The second-order valence-electron chi connectivity index (χ2n) is 10.0. The van der Waals surface area contributed by atoms with Gasteiger partial charge in [-0.2, -0.15) is 0 Å². The van der Waals surface area contributed by atoms with Crippen molar-refractivity contribution in [2.75, 3.05) is 20.8 Å². The molecule has 3 aromatic carbocycles. The van der Waals surface area contributed by atoms with Crippen LogP contribution in [0.3, 0.4) is 0 Å². The SMILES string of the molecule is COc1ccc(C(OC[C@H]2O[C@@H](n3cc(C)c(=O)[nH]c3=O)[C@H]([Se]C)[C@@H]2O)(c2ccccc2)c2ccc(OC)cc2)cc1. The Morgan fingerprint density at radius 1 is 0.905 bits per heavy atom. The van der Waals surface area contributed by atoms with Gasteiger partial charge in [0, 0.05) is 0 Å². The normalized spacial score (nSPS) is 20.4. The second-order valence-corrected chi connectivity index (χ2v) is 12.2. The summed E-state index contributed by atoms with van der Waals surface area (Å²) in [4.78, 5) is 26.7. The number of rotatable bonds is 10. The number of aryl methyl sites for hydroxylation is 1. The maximum atomic E-state index is 12.7. The zero-order valence-electron chi connectivity index (χ0n) is 23.9. The molecule has 0 aliphatic carbocycles. The van der Waals surface area contributed by atoms with Crippen LogP contribution in [0.5, 0.6) is 11.5 Å². The number of nitrogens with zero attached hydrogens (tertiary/aromatic N) is 1. The van der Waals surface area contributed by atoms with Crippen LogP contribution < -0.4 is 20.7 Å². The summed E-state index contributed by atoms with van der Waals surface area (Å²) in [5.74, 6) is 3.41. The van der Waals surface area contributed by atoms with E-state index in [9.17, 15) is 14.7 Å². The minimum absolute atomic E-state index is 0.0221. The van der Waals surface area contributed by atoms with Crippen molar-refractivity contribution >= 4 is 15.0 Å². The van der Waals surface area contributed by atoms with E-state index in [0.29, 0.717) is 17.1 Å². The first kappa shape index (κ1) is 29.8. The van der Waals surface area contributed by atoms with E-state index in [1.807, 2.05) is 84.7 Å². The maximum absolute atomic E-state index is 12.7. The summed E-state index contributed by atoms with van der Waals surface area (Å²) >= 11 is -0.0786. The number of aliphatic hydroxyl groups excluding tert-OH is 1. The van der Waals surface area contributed by atoms with Gasteiger partial charge in [0.05, 0.1) is 0 Å². The van der Waals surface area contributed by atoms with Crippen LogP contribution >= 0.6 is 0 Å². The summed E-state index contributed by atoms with van der Waals surface area (Å²) in [6.07, 6.45) is -0.876. The van der Waals surface area contributed by atoms with E-state index in [2.05, 4.69) is 4.98 Å². The molecule has 1 aliphatic heterocycles. The average molecular weight is 638 g/mol. The number of aromatic amines is 1. The fraction of sp³-hybridized carbons (Fsp3) is 0.312. The Morgan fingerprint density at radius 3 is 1.98 bits per heavy atom. The van der Waals surface area contributed by atoms with Crippen LogP contribution in [0.2, 0.25) is 10.6 Å². The third kappa shape index (κ3) is 5.56. The number of hydrogen-bond acceptors (Lipinski definition) is 7. The van der Waals surface area contributed by atoms with Crippen molar-refractivity contribution < 1.29 is 24.1 Å². The van der Waals surface area contributed by atoms with Gasteiger partial charge in [-0.15, -0.1) is 0 Å². The van der Waals surface area contributed by atoms with E-state index >= 15 is 0 Å². The summed E-state index contributed by atoms with van der Waals surface area (Å²) in [7, 11) is 3.24. The van der Waals surface area contributed by atoms with Crippen molar-refractivity contribution in [3.63, 3.8) is 0 Å². The van der Waals surface area contributed by atoms with Gasteiger partial charge in [0.25, 0.3) is 0 Å². The number of benzene rings is 3. The third-order valence-corrected chi connectivity index (χ3v) is 9.86. The van der Waals surface area contributed by atoms with Crippen LogP contribution in [0.1, 0.15) is 28.5 Å². The molecule has 0 saturated carbocycles. The van der Waals surface area contributed by atoms with E-state index in [0.717, 1.165) is 16.7 Å². The standard InChI is InChI=1S/C32H34N2O7Se/c1-20-18-34(31(37)33-29(20)36)30-28(42-4)27(35)26(41-30)19-40-32(21-8-6-5-7-9-21,22-10-14-24(38-2)15-11-22)23-12-16-25(39-3)17-13-23/h5-18,26-28,30,35H,19H2,1-4H3,(H,33,36,37)/t26-,27-,28-,30-/m1/s1. The molecule has 0 spiro atoms. The van der Waals surface area contributed by atoms with E-state index < -0.39 is 35.3 Å². The molecule has 5 rings (SSSR count). The first-order chi connectivity index (χ1) is 20.3. The van der Waals surface area contributed by atoms with Gasteiger partial charge in [0.2, 0.25) is 0 Å². The molecule has 1 fully saturated rings. The van der Waals surface area contributed by atoms with Crippen molar-refractivity contribution in [3.8, 4) is 11.5 Å². The summed E-state index contributed by atoms with van der Waals surface area (Å²) < 4.78 is 25.5. The fourth-order valence-corrected chi connectivity index (χ4v) is 7.24. The summed E-state index contributed by atoms with van der Waals surface area (Å²) in [6, 6.07) is 25.3. The topological polar surface area (TPSA) is 112 Å². The van der Waals surface area contributed by atoms with Crippen LogP contribution in [0, 0.1) is 6.92 Å². The predicted molar refractivity (Wildman–Crippen MR) is 160 cm³/mol. The van der Waals surface area contributed by atoms with Crippen LogP contribution in [0.25, 0.3) is 0 Å². The Morgan fingerprint density at radius 2 is 1.45 bits per heavy atom. The molecule has 9 nitrogen and oxygen atoms in total. The molecule has 1 saturated heterocycles. The molecular formula is C32H34N2O7Se. The molecule has 0 amide bonds. The van der Waals surface area contributed by atoms with Crippen molar-refractivity contribution in [3.05, 3.63) is 128 Å². The van der Waals surface area contributed by atoms with Gasteiger partial charge in [-0.1, -0.05) is 0 Å². The Balaban J connectivity index is 1.57. The molecule has 0 radical (unpaired) electrons. The Hall–Kier alpha value is -3.66. The summed E-state index contributed by atoms with van der Waals surface area (Å²) in [6.45, 7) is 1.65. The Bertz CT molecular complexity index is 1560. The van der Waals surface area contributed by atoms with Gasteiger partial charge in [-0.25, -0.2) is 0 Å². The Kier molecular flexibility index (Phi) is 9.01. The Labute approximate surface area is 250 Å². The van der Waals surface area contributed by atoms with Crippen LogP contribution in [-0.2, 0) is 15.1 Å². The molecule has 2 N–H and O–H groups in total. The molecule has 4 atom stereocenters. The molecule has 42 heavy (non-hydrogen) atoms. The second kappa shape index (κ2) is 12.7. The number of H-pyrrole nitrogens is 1. The van der Waals surface area contributed by atoms with Crippen LogP contribution in [-0.4, -0.2) is 62.6 Å². The number of nitrogens with one attached hydrogen (secondary N) is 1. The quantitative estimate of drug-likeness (QED) is 0.202. The van der Waals surface area contributed by atoms with E-state index in [4.69, 9.17) is 18.9 Å². The molecule has 1 aromatic heterocycles. The molecule has 0 unspecified atom stereocenters. The van der Waals surface area contributed by atoms with Crippen molar-refractivity contribution in [2.24, 2.45) is 0 Å². The summed E-state index contributed by atoms with van der Waals surface area (Å²) in [5, 5.41) is 11.4. The molecular weight excluding hydrogens is 603 g/mol. The van der Waals surface area contributed by atoms with Crippen molar-refractivity contribution in [1.29, 1.82) is 0 Å². The van der Waals surface area contributed by atoms with E-state index in [1.165, 1.54) is 10.8 Å². The van der Waals surface area contributed by atoms with Crippen molar-refractivity contribution in [1.82, 2.24) is 9.55 Å². The van der Waals surface area contributed by atoms with Gasteiger partial charge in [-0.3, -0.25) is 0 Å². The van der Waals surface area contributed by atoms with E-state index in [1.54, 1.807) is 21.1 Å². The van der Waals surface area contributed by atoms with Gasteiger partial charge in [0.15, 0.2) is 0 Å². The zero-order valence-corrected chi connectivity index (χ0v) is 25.6. The molecule has 1 aliphatic rings. The predicted octanol–water partition coefficient (Wildman–Crippen LogP) is 3.67. The summed E-state index contributed by atoms with van der Waals surface area (Å²) in [5.41, 5.74) is 0.873. The molecule has 0 bridgehead atoms. The van der Waals surface area contributed by atoms with Crippen molar-refractivity contribution in [2.45, 2.75) is 41.6 Å². The monoisotopic (exact) mass is 638 g/mol. The number of methoxy groups -OCH3 is 2. The van der Waals surface area contributed by atoms with Gasteiger partial charge in [-0.05, 0) is 0 Å². The fourth-order valence-electron chi connectivity index (χ4n) is 5.39. The number of aromatic nitrogens is 2. The van der Waals surface area contributed by atoms with Crippen LogP contribution in [0.4, 0.5) is 0 Å². The molecule has 220 valence electrons.